The Morgan fingerprint density at radius 3 is 2.89 bits per heavy atom. The zero-order chi connectivity index (χ0) is 12.0. The van der Waals surface area contributed by atoms with Crippen molar-refractivity contribution in [1.29, 1.82) is 0 Å². The first-order valence-electron chi connectivity index (χ1n) is 4.84. The van der Waals surface area contributed by atoms with Gasteiger partial charge >= 0.3 is 29.6 Å². The summed E-state index contributed by atoms with van der Waals surface area (Å²) in [4.78, 5) is 24.8. The topological polar surface area (TPSA) is 60.4 Å². The largest absolute Gasteiger partial charge is 1.00 e. The van der Waals surface area contributed by atoms with Gasteiger partial charge in [0, 0.05) is 4.88 Å². The number of carboxylic acid groups (broad SMARTS) is 1. The number of hydrogen-bond donors (Lipinski definition) is 0. The fourth-order valence-electron chi connectivity index (χ4n) is 1.79. The maximum atomic E-state index is 11.8. The Morgan fingerprint density at radius 2 is 2.28 bits per heavy atom. The average Bonchev–Trinajstić information content (AvgIpc) is 2.93. The van der Waals surface area contributed by atoms with Crippen molar-refractivity contribution < 1.29 is 44.3 Å². The van der Waals surface area contributed by atoms with Crippen molar-refractivity contribution in [2.75, 3.05) is 0 Å². The first-order chi connectivity index (χ1) is 8.18. The smallest absolute Gasteiger partial charge is 0.543 e. The number of thiophene rings is 1. The molecule has 2 aliphatic rings. The number of fused-ring (bicyclic) bond motifs is 1. The monoisotopic (exact) mass is 287 g/mol. The standard InChI is InChI=1S/C11H7NO3S2.Na/c13-9-7(4-6-2-1-3-16-6)10-12(9)8(5-17-10)11(14)15;/h1-5,10H,(H,14,15);/q;+1/p-1/b7-4+;/t10-;/m1./s1. The first-order valence-corrected chi connectivity index (χ1v) is 6.66. The van der Waals surface area contributed by atoms with Gasteiger partial charge in [-0.2, -0.15) is 0 Å². The van der Waals surface area contributed by atoms with Crippen LogP contribution in [0.1, 0.15) is 4.88 Å². The number of carbonyl (C=O) groups is 2. The molecule has 4 nitrogen and oxygen atoms in total. The molecule has 7 heteroatoms. The number of amides is 1. The minimum atomic E-state index is -1.30. The van der Waals surface area contributed by atoms with E-state index in [2.05, 4.69) is 0 Å². The third kappa shape index (κ3) is 2.08. The summed E-state index contributed by atoms with van der Waals surface area (Å²) in [5, 5.41) is 14.0. The minimum Gasteiger partial charge on any atom is -0.543 e. The fourth-order valence-corrected chi connectivity index (χ4v) is 3.57. The third-order valence-electron chi connectivity index (χ3n) is 2.58. The summed E-state index contributed by atoms with van der Waals surface area (Å²) in [5.74, 6) is -1.55. The van der Waals surface area contributed by atoms with Crippen LogP contribution in [0.3, 0.4) is 0 Å². The van der Waals surface area contributed by atoms with Gasteiger partial charge in [-0.05, 0) is 22.9 Å². The third-order valence-corrected chi connectivity index (χ3v) is 4.49. The van der Waals surface area contributed by atoms with Crippen LogP contribution in [0.5, 0.6) is 0 Å². The van der Waals surface area contributed by atoms with Gasteiger partial charge in [0.1, 0.15) is 5.37 Å². The Labute approximate surface area is 134 Å². The van der Waals surface area contributed by atoms with Crippen molar-refractivity contribution in [3.63, 3.8) is 0 Å². The Hall–Kier alpha value is -0.530. The van der Waals surface area contributed by atoms with Gasteiger partial charge in [-0.1, -0.05) is 6.07 Å². The van der Waals surface area contributed by atoms with Crippen LogP contribution in [0.2, 0.25) is 0 Å². The summed E-state index contributed by atoms with van der Waals surface area (Å²) in [6.07, 6.45) is 1.81. The van der Waals surface area contributed by atoms with Crippen LogP contribution in [0, 0.1) is 0 Å². The molecule has 0 aromatic carbocycles. The summed E-state index contributed by atoms with van der Waals surface area (Å²) >= 11 is 2.86. The predicted molar refractivity (Wildman–Crippen MR) is 63.6 cm³/mol. The quantitative estimate of drug-likeness (QED) is 0.347. The van der Waals surface area contributed by atoms with E-state index in [4.69, 9.17) is 0 Å². The number of aliphatic carboxylic acids is 1. The predicted octanol–water partition coefficient (Wildman–Crippen LogP) is -2.36. The normalized spacial score (nSPS) is 23.2. The fraction of sp³-hybridized carbons (Fsp3) is 0.0909. The summed E-state index contributed by atoms with van der Waals surface area (Å²) in [6, 6.07) is 3.82. The maximum Gasteiger partial charge on any atom is 1.00 e. The molecule has 18 heavy (non-hydrogen) atoms. The maximum absolute atomic E-state index is 11.8. The Kier molecular flexibility index (Phi) is 4.03. The van der Waals surface area contributed by atoms with E-state index >= 15 is 0 Å². The second-order valence-corrected chi connectivity index (χ2v) is 5.50. The van der Waals surface area contributed by atoms with Gasteiger partial charge in [-0.25, -0.2) is 0 Å². The molecule has 2 aliphatic heterocycles. The van der Waals surface area contributed by atoms with Crippen molar-refractivity contribution in [3.05, 3.63) is 39.1 Å². The van der Waals surface area contributed by atoms with E-state index in [1.54, 1.807) is 11.3 Å². The van der Waals surface area contributed by atoms with Crippen molar-refractivity contribution >= 4 is 41.1 Å². The number of carbonyl (C=O) groups excluding carboxylic acids is 2. The molecule has 86 valence electrons. The SMILES string of the molecule is O=C([O-])C1=CS[C@@H]2/C(=C/c3cccs3)C(=O)N12.[Na+]. The van der Waals surface area contributed by atoms with Crippen LogP contribution in [-0.2, 0) is 9.59 Å². The van der Waals surface area contributed by atoms with E-state index < -0.39 is 5.97 Å². The zero-order valence-electron chi connectivity index (χ0n) is 9.45. The molecule has 0 spiro atoms. The summed E-state index contributed by atoms with van der Waals surface area (Å²) in [7, 11) is 0. The first kappa shape index (κ1) is 13.9. The molecule has 0 radical (unpaired) electrons. The summed E-state index contributed by atoms with van der Waals surface area (Å²) < 4.78 is 0. The van der Waals surface area contributed by atoms with Crippen LogP contribution in [-0.4, -0.2) is 22.2 Å². The van der Waals surface area contributed by atoms with Gasteiger partial charge in [0.05, 0.1) is 17.2 Å². The van der Waals surface area contributed by atoms with E-state index in [-0.39, 0.29) is 46.5 Å². The van der Waals surface area contributed by atoms with E-state index in [0.717, 1.165) is 4.88 Å². The van der Waals surface area contributed by atoms with Crippen molar-refractivity contribution in [3.8, 4) is 0 Å². The Bertz CT molecular complexity index is 565. The van der Waals surface area contributed by atoms with Gasteiger partial charge < -0.3 is 9.90 Å². The average molecular weight is 287 g/mol. The molecule has 1 fully saturated rings. The van der Waals surface area contributed by atoms with Crippen LogP contribution >= 0.6 is 23.1 Å². The molecule has 0 aliphatic carbocycles. The van der Waals surface area contributed by atoms with E-state index in [1.807, 2.05) is 23.6 Å². The summed E-state index contributed by atoms with van der Waals surface area (Å²) in [5.41, 5.74) is 0.610. The molecule has 0 N–H and O–H groups in total. The number of β-lactam (4-membered cyclic amide) rings is 1. The van der Waals surface area contributed by atoms with Gasteiger partial charge in [-0.3, -0.25) is 9.69 Å². The minimum absolute atomic E-state index is 0. The second-order valence-electron chi connectivity index (χ2n) is 3.57. The van der Waals surface area contributed by atoms with E-state index in [0.29, 0.717) is 5.57 Å². The molecule has 1 amide bonds. The number of thioether (sulfide) groups is 1. The molecule has 3 rings (SSSR count). The van der Waals surface area contributed by atoms with Crippen LogP contribution in [0.4, 0.5) is 0 Å². The molecule has 1 atom stereocenters. The van der Waals surface area contributed by atoms with Crippen LogP contribution in [0.25, 0.3) is 6.08 Å². The number of hydrogen-bond acceptors (Lipinski definition) is 5. The van der Waals surface area contributed by atoms with Crippen molar-refractivity contribution in [2.45, 2.75) is 5.37 Å². The molecule has 1 saturated heterocycles. The molecule has 3 heterocycles. The molecule has 0 bridgehead atoms. The van der Waals surface area contributed by atoms with Gasteiger partial charge in [-0.15, -0.1) is 23.1 Å². The van der Waals surface area contributed by atoms with Gasteiger partial charge in [0.2, 0.25) is 0 Å². The van der Waals surface area contributed by atoms with Crippen LogP contribution < -0.4 is 34.7 Å². The number of nitrogens with zero attached hydrogens (tertiary/aromatic N) is 1. The van der Waals surface area contributed by atoms with E-state index in [9.17, 15) is 14.7 Å². The van der Waals surface area contributed by atoms with Crippen molar-refractivity contribution in [1.82, 2.24) is 4.90 Å². The Morgan fingerprint density at radius 1 is 1.50 bits per heavy atom. The van der Waals surface area contributed by atoms with Gasteiger partial charge in [0.25, 0.3) is 5.91 Å². The van der Waals surface area contributed by atoms with Gasteiger partial charge in [0.15, 0.2) is 0 Å². The van der Waals surface area contributed by atoms with Crippen molar-refractivity contribution in [2.24, 2.45) is 0 Å². The molecule has 1 aromatic heterocycles. The number of carboxylic acids is 1. The second kappa shape index (κ2) is 5.22. The van der Waals surface area contributed by atoms with Crippen LogP contribution in [0.15, 0.2) is 34.2 Å². The van der Waals surface area contributed by atoms with E-state index in [1.165, 1.54) is 22.1 Å². The summed E-state index contributed by atoms with van der Waals surface area (Å²) in [6.45, 7) is 0. The number of rotatable bonds is 2. The molecular formula is C11H6NNaO3S2. The zero-order valence-corrected chi connectivity index (χ0v) is 13.1. The Balaban J connectivity index is 0.00000120. The molecule has 0 unspecified atom stereocenters. The molecule has 0 saturated carbocycles. The molecule has 1 aromatic rings. The molecular weight excluding hydrogens is 281 g/mol.